The maximum atomic E-state index is 5.23. The lowest BCUT2D eigenvalue weighted by molar-refractivity contribution is 0.232. The van der Waals surface area contributed by atoms with Crippen molar-refractivity contribution in [3.05, 3.63) is 84.7 Å². The summed E-state index contributed by atoms with van der Waals surface area (Å²) in [5.74, 6) is 1.61. The Balaban J connectivity index is 1.12. The predicted octanol–water partition coefficient (Wildman–Crippen LogP) is 3.01. The number of hydrogen-bond donors (Lipinski definition) is 0. The smallest absolute Gasteiger partial charge is 0.225 e. The molecule has 0 saturated carbocycles. The van der Waals surface area contributed by atoms with Crippen molar-refractivity contribution in [2.24, 2.45) is 0 Å². The van der Waals surface area contributed by atoms with E-state index < -0.39 is 0 Å². The molecule has 2 saturated heterocycles. The van der Waals surface area contributed by atoms with Crippen molar-refractivity contribution < 1.29 is 0 Å². The molecule has 2 aliphatic heterocycles. The Bertz CT molecular complexity index is 1460. The Morgan fingerprint density at radius 1 is 0.500 bits per heavy atom. The van der Waals surface area contributed by atoms with Crippen LogP contribution in [0.3, 0.4) is 0 Å². The van der Waals surface area contributed by atoms with Gasteiger partial charge >= 0.3 is 0 Å². The first kappa shape index (κ1) is 24.7. The van der Waals surface area contributed by atoms with Gasteiger partial charge in [0.05, 0.1) is 22.4 Å². The Kier molecular flexibility index (Phi) is 6.85. The van der Waals surface area contributed by atoms with Crippen LogP contribution in [0.2, 0.25) is 0 Å². The Hall–Kier alpha value is -4.28. The summed E-state index contributed by atoms with van der Waals surface area (Å²) < 4.78 is 0. The molecule has 0 bridgehead atoms. The number of benzene rings is 2. The quantitative estimate of drug-likeness (QED) is 0.304. The largest absolute Gasteiger partial charge is 0.338 e. The van der Waals surface area contributed by atoms with E-state index in [4.69, 9.17) is 9.97 Å². The average Bonchev–Trinajstić information content (AvgIpc) is 3.02. The number of piperazine rings is 2. The zero-order chi connectivity index (χ0) is 26.7. The standard InChI is InChI=1S/C30H32N10/c1-2-6-24-20-26-25(19-23(24)5-1)35-27(21-37-11-15-39(16-12-37)29-31-7-3-8-32-29)28(36-26)22-38-13-17-40(18-14-38)30-33-9-4-10-34-30/h1-10,19-20H,11-18,21-22H2. The summed E-state index contributed by atoms with van der Waals surface area (Å²) in [6.45, 7) is 8.90. The lowest BCUT2D eigenvalue weighted by Gasteiger charge is -2.36. The van der Waals surface area contributed by atoms with Crippen LogP contribution < -0.4 is 9.80 Å². The molecule has 7 rings (SSSR count). The van der Waals surface area contributed by atoms with Crippen LogP contribution in [-0.4, -0.2) is 92.1 Å². The highest BCUT2D eigenvalue weighted by Gasteiger charge is 2.24. The van der Waals surface area contributed by atoms with Gasteiger partial charge in [-0.1, -0.05) is 24.3 Å². The lowest BCUT2D eigenvalue weighted by atomic mass is 10.1. The summed E-state index contributed by atoms with van der Waals surface area (Å²) in [5, 5.41) is 2.39. The monoisotopic (exact) mass is 532 g/mol. The van der Waals surface area contributed by atoms with Crippen LogP contribution in [0, 0.1) is 0 Å². The Labute approximate surface area is 233 Å². The summed E-state index contributed by atoms with van der Waals surface area (Å²) in [6, 6.07) is 16.5. The third-order valence-electron chi connectivity index (χ3n) is 7.85. The van der Waals surface area contributed by atoms with E-state index >= 15 is 0 Å². The molecular weight excluding hydrogens is 500 g/mol. The maximum Gasteiger partial charge on any atom is 0.225 e. The molecule has 0 spiro atoms. The number of rotatable bonds is 6. The first-order valence-electron chi connectivity index (χ1n) is 14.0. The molecule has 10 heteroatoms. The van der Waals surface area contributed by atoms with Crippen molar-refractivity contribution in [1.29, 1.82) is 0 Å². The first-order valence-corrected chi connectivity index (χ1v) is 14.0. The van der Waals surface area contributed by atoms with E-state index in [1.807, 2.05) is 36.9 Å². The number of anilines is 2. The van der Waals surface area contributed by atoms with Gasteiger partial charge in [-0.05, 0) is 35.0 Å². The lowest BCUT2D eigenvalue weighted by Crippen LogP contribution is -2.47. The van der Waals surface area contributed by atoms with Crippen LogP contribution in [0.1, 0.15) is 11.4 Å². The Morgan fingerprint density at radius 2 is 0.900 bits per heavy atom. The van der Waals surface area contributed by atoms with Crippen molar-refractivity contribution in [2.45, 2.75) is 13.1 Å². The van der Waals surface area contributed by atoms with Gasteiger partial charge < -0.3 is 9.80 Å². The van der Waals surface area contributed by atoms with E-state index in [9.17, 15) is 0 Å². The fraction of sp³-hybridized carbons (Fsp3) is 0.333. The van der Waals surface area contributed by atoms with E-state index in [-0.39, 0.29) is 0 Å². The van der Waals surface area contributed by atoms with Gasteiger partial charge in [-0.2, -0.15) is 0 Å². The first-order chi connectivity index (χ1) is 19.8. The van der Waals surface area contributed by atoms with Gasteiger partial charge in [-0.15, -0.1) is 0 Å². The average molecular weight is 533 g/mol. The van der Waals surface area contributed by atoms with Crippen molar-refractivity contribution in [3.63, 3.8) is 0 Å². The minimum atomic E-state index is 0.784. The SMILES string of the molecule is c1cnc(N2CCN(Cc3nc4cc5ccccc5cc4nc3CN3CCN(c4ncccn4)CC3)CC2)nc1. The zero-order valence-corrected chi connectivity index (χ0v) is 22.5. The van der Waals surface area contributed by atoms with Gasteiger partial charge in [0.2, 0.25) is 11.9 Å². The molecule has 0 amide bonds. The molecule has 2 aromatic carbocycles. The topological polar surface area (TPSA) is 90.3 Å². The molecule has 0 unspecified atom stereocenters. The molecule has 5 aromatic rings. The van der Waals surface area contributed by atoms with Crippen molar-refractivity contribution in [1.82, 2.24) is 39.7 Å². The third-order valence-corrected chi connectivity index (χ3v) is 7.85. The van der Waals surface area contributed by atoms with Crippen LogP contribution in [0.15, 0.2) is 73.3 Å². The molecule has 5 heterocycles. The maximum absolute atomic E-state index is 5.23. The van der Waals surface area contributed by atoms with Crippen LogP contribution in [0.4, 0.5) is 11.9 Å². The van der Waals surface area contributed by atoms with E-state index in [0.29, 0.717) is 0 Å². The van der Waals surface area contributed by atoms with E-state index in [0.717, 1.165) is 99.8 Å². The van der Waals surface area contributed by atoms with E-state index in [1.165, 1.54) is 10.8 Å². The molecule has 0 atom stereocenters. The molecular formula is C30H32N10. The van der Waals surface area contributed by atoms with Gasteiger partial charge in [0.15, 0.2) is 0 Å². The van der Waals surface area contributed by atoms with Crippen molar-refractivity contribution >= 4 is 33.7 Å². The highest BCUT2D eigenvalue weighted by Crippen LogP contribution is 2.24. The molecule has 2 fully saturated rings. The van der Waals surface area contributed by atoms with Crippen molar-refractivity contribution in [3.8, 4) is 0 Å². The number of fused-ring (bicyclic) bond motifs is 2. The fourth-order valence-corrected chi connectivity index (χ4v) is 5.61. The summed E-state index contributed by atoms with van der Waals surface area (Å²) in [4.78, 5) is 37.6. The second-order valence-electron chi connectivity index (χ2n) is 10.4. The molecule has 202 valence electrons. The third kappa shape index (κ3) is 5.28. The number of nitrogens with zero attached hydrogens (tertiary/aromatic N) is 10. The van der Waals surface area contributed by atoms with Crippen molar-refractivity contribution in [2.75, 3.05) is 62.2 Å². The Morgan fingerprint density at radius 3 is 1.30 bits per heavy atom. The summed E-state index contributed by atoms with van der Waals surface area (Å²) >= 11 is 0. The van der Waals surface area contributed by atoms with Gasteiger partial charge in [0, 0.05) is 90.2 Å². The molecule has 0 radical (unpaired) electrons. The van der Waals surface area contributed by atoms with E-state index in [2.05, 4.69) is 75.9 Å². The van der Waals surface area contributed by atoms with Gasteiger partial charge in [0.1, 0.15) is 0 Å². The van der Waals surface area contributed by atoms with Gasteiger partial charge in [-0.25, -0.2) is 29.9 Å². The predicted molar refractivity (Wildman–Crippen MR) is 156 cm³/mol. The molecule has 0 aliphatic carbocycles. The molecule has 10 nitrogen and oxygen atoms in total. The molecule has 3 aromatic heterocycles. The summed E-state index contributed by atoms with van der Waals surface area (Å²) in [5.41, 5.74) is 4.06. The van der Waals surface area contributed by atoms with Crippen LogP contribution in [0.5, 0.6) is 0 Å². The van der Waals surface area contributed by atoms with Crippen LogP contribution in [0.25, 0.3) is 21.8 Å². The normalized spacial score (nSPS) is 17.1. The highest BCUT2D eigenvalue weighted by molar-refractivity contribution is 5.94. The molecule has 2 aliphatic rings. The van der Waals surface area contributed by atoms with Crippen LogP contribution in [-0.2, 0) is 13.1 Å². The fourth-order valence-electron chi connectivity index (χ4n) is 5.61. The summed E-state index contributed by atoms with van der Waals surface area (Å²) in [7, 11) is 0. The minimum absolute atomic E-state index is 0.784. The van der Waals surface area contributed by atoms with Gasteiger partial charge in [0.25, 0.3) is 0 Å². The van der Waals surface area contributed by atoms with E-state index in [1.54, 1.807) is 0 Å². The zero-order valence-electron chi connectivity index (χ0n) is 22.5. The second kappa shape index (κ2) is 11.1. The second-order valence-corrected chi connectivity index (χ2v) is 10.4. The van der Waals surface area contributed by atoms with Crippen LogP contribution >= 0.6 is 0 Å². The summed E-state index contributed by atoms with van der Waals surface area (Å²) in [6.07, 6.45) is 7.23. The van der Waals surface area contributed by atoms with Gasteiger partial charge in [-0.3, -0.25) is 9.80 Å². The molecule has 40 heavy (non-hydrogen) atoms. The highest BCUT2D eigenvalue weighted by atomic mass is 15.3. The number of hydrogen-bond acceptors (Lipinski definition) is 10. The molecule has 0 N–H and O–H groups in total. The number of aromatic nitrogens is 6. The minimum Gasteiger partial charge on any atom is -0.338 e.